The maximum Gasteiger partial charge on any atom is 0.200 e. The Morgan fingerprint density at radius 3 is 2.53 bits per heavy atom. The molecule has 0 radical (unpaired) electrons. The summed E-state index contributed by atoms with van der Waals surface area (Å²) in [7, 11) is 0. The number of ketones is 1. The van der Waals surface area contributed by atoms with E-state index in [1.54, 1.807) is 42.5 Å². The van der Waals surface area contributed by atoms with Gasteiger partial charge in [-0.25, -0.2) is 0 Å². The van der Waals surface area contributed by atoms with Crippen LogP contribution in [0.4, 0.5) is 0 Å². The predicted molar refractivity (Wildman–Crippen MR) is 80.4 cm³/mol. The molecule has 0 fully saturated rings. The highest BCUT2D eigenvalue weighted by Crippen LogP contribution is 2.28. The number of carbonyl (C=O) groups excluding carboxylic acids is 1. The topological polar surface area (TPSA) is 26.3 Å². The van der Waals surface area contributed by atoms with Gasteiger partial charge in [-0.3, -0.25) is 4.79 Å². The molecule has 0 atom stereocenters. The quantitative estimate of drug-likeness (QED) is 0.716. The van der Waals surface area contributed by atoms with E-state index in [2.05, 4.69) is 15.9 Å². The van der Waals surface area contributed by atoms with E-state index in [0.29, 0.717) is 25.8 Å². The summed E-state index contributed by atoms with van der Waals surface area (Å²) in [5.74, 6) is 0.434. The van der Waals surface area contributed by atoms with E-state index < -0.39 is 0 Å². The van der Waals surface area contributed by atoms with Crippen molar-refractivity contribution in [2.75, 3.05) is 6.61 Å². The van der Waals surface area contributed by atoms with E-state index in [1.807, 2.05) is 0 Å². The van der Waals surface area contributed by atoms with E-state index in [-0.39, 0.29) is 12.4 Å². The average molecular weight is 360 g/mol. The van der Waals surface area contributed by atoms with E-state index >= 15 is 0 Å². The third-order valence-electron chi connectivity index (χ3n) is 2.40. The van der Waals surface area contributed by atoms with Gasteiger partial charge in [0.1, 0.15) is 5.75 Å². The first-order valence-electron chi connectivity index (χ1n) is 5.43. The highest BCUT2D eigenvalue weighted by atomic mass is 79.9. The van der Waals surface area contributed by atoms with Gasteiger partial charge in [0.2, 0.25) is 0 Å². The average Bonchev–Trinajstić information content (AvgIpc) is 2.37. The minimum atomic E-state index is -0.135. The van der Waals surface area contributed by atoms with Gasteiger partial charge in [0, 0.05) is 15.6 Å². The van der Waals surface area contributed by atoms with Gasteiger partial charge in [-0.2, -0.15) is 0 Å². The Morgan fingerprint density at radius 2 is 1.84 bits per heavy atom. The Balaban J connectivity index is 2.04. The number of benzene rings is 2. The number of carbonyl (C=O) groups is 1. The van der Waals surface area contributed by atoms with Gasteiger partial charge in [-0.05, 0) is 46.3 Å². The van der Waals surface area contributed by atoms with Crippen LogP contribution in [-0.4, -0.2) is 12.4 Å². The monoisotopic (exact) mass is 358 g/mol. The summed E-state index contributed by atoms with van der Waals surface area (Å²) in [5, 5.41) is 1.12. The molecule has 2 rings (SSSR count). The molecule has 0 heterocycles. The minimum absolute atomic E-state index is 0.0550. The zero-order chi connectivity index (χ0) is 13.8. The third-order valence-corrected chi connectivity index (χ3v) is 3.49. The Morgan fingerprint density at radius 1 is 1.11 bits per heavy atom. The first-order valence-corrected chi connectivity index (χ1v) is 6.98. The first-order chi connectivity index (χ1) is 9.06. The van der Waals surface area contributed by atoms with Gasteiger partial charge in [-0.15, -0.1) is 0 Å². The number of halogens is 3. The number of hydrogen-bond acceptors (Lipinski definition) is 2. The zero-order valence-corrected chi connectivity index (χ0v) is 12.8. The van der Waals surface area contributed by atoms with Crippen molar-refractivity contribution < 1.29 is 9.53 Å². The van der Waals surface area contributed by atoms with Crippen LogP contribution >= 0.6 is 39.1 Å². The zero-order valence-electron chi connectivity index (χ0n) is 9.70. The highest BCUT2D eigenvalue weighted by Gasteiger charge is 2.09. The molecule has 0 amide bonds. The molecule has 19 heavy (non-hydrogen) atoms. The van der Waals surface area contributed by atoms with Crippen LogP contribution in [0.5, 0.6) is 5.75 Å². The molecule has 0 unspecified atom stereocenters. The van der Waals surface area contributed by atoms with Crippen LogP contribution in [0, 0.1) is 0 Å². The molecule has 0 saturated carbocycles. The third kappa shape index (κ3) is 3.96. The maximum absolute atomic E-state index is 11.9. The lowest BCUT2D eigenvalue weighted by molar-refractivity contribution is 0.0921. The first kappa shape index (κ1) is 14.4. The molecule has 98 valence electrons. The summed E-state index contributed by atoms with van der Waals surface area (Å²) >= 11 is 15.0. The largest absolute Gasteiger partial charge is 0.484 e. The highest BCUT2D eigenvalue weighted by molar-refractivity contribution is 9.10. The minimum Gasteiger partial charge on any atom is -0.484 e. The Labute approximate surface area is 129 Å². The molecule has 0 bridgehead atoms. The van der Waals surface area contributed by atoms with Gasteiger partial charge >= 0.3 is 0 Å². The molecule has 0 aliphatic rings. The number of ether oxygens (including phenoxy) is 1. The van der Waals surface area contributed by atoms with Crippen molar-refractivity contribution in [3.05, 3.63) is 62.5 Å². The van der Waals surface area contributed by atoms with Gasteiger partial charge < -0.3 is 4.74 Å². The Hall–Kier alpha value is -1.03. The lowest BCUT2D eigenvalue weighted by Crippen LogP contribution is -2.11. The molecule has 0 aromatic heterocycles. The predicted octanol–water partition coefficient (Wildman–Crippen LogP) is 5.02. The van der Waals surface area contributed by atoms with Gasteiger partial charge in [-0.1, -0.05) is 35.3 Å². The Kier molecular flexibility index (Phi) is 4.86. The second-order valence-corrected chi connectivity index (χ2v) is 5.52. The number of Topliss-reactive ketones (excluding diaryl/α,β-unsaturated/α-hetero) is 1. The van der Waals surface area contributed by atoms with Crippen LogP contribution in [0.1, 0.15) is 10.4 Å². The molecule has 0 aliphatic heterocycles. The van der Waals surface area contributed by atoms with Crippen LogP contribution in [-0.2, 0) is 0 Å². The molecule has 0 aliphatic carbocycles. The maximum atomic E-state index is 11.9. The molecular formula is C14H9BrCl2O2. The molecular weight excluding hydrogens is 351 g/mol. The van der Waals surface area contributed by atoms with Gasteiger partial charge in [0.15, 0.2) is 12.4 Å². The van der Waals surface area contributed by atoms with Crippen molar-refractivity contribution >= 4 is 44.9 Å². The summed E-state index contributed by atoms with van der Waals surface area (Å²) in [6.45, 7) is -0.0550. The molecule has 0 spiro atoms. The fourth-order valence-corrected chi connectivity index (χ4v) is 2.47. The summed E-state index contributed by atoms with van der Waals surface area (Å²) in [5.41, 5.74) is 0.526. The normalized spacial score (nSPS) is 10.3. The van der Waals surface area contributed by atoms with Crippen LogP contribution in [0.2, 0.25) is 10.0 Å². The molecule has 0 N–H and O–H groups in total. The smallest absolute Gasteiger partial charge is 0.200 e. The lowest BCUT2D eigenvalue weighted by atomic mass is 10.1. The van der Waals surface area contributed by atoms with Crippen molar-refractivity contribution in [1.82, 2.24) is 0 Å². The van der Waals surface area contributed by atoms with Gasteiger partial charge in [0.05, 0.1) is 4.47 Å². The van der Waals surface area contributed by atoms with Crippen LogP contribution in [0.25, 0.3) is 0 Å². The SMILES string of the molecule is O=C(COc1ccc(Cl)cc1Br)c1cccc(Cl)c1. The molecule has 2 nitrogen and oxygen atoms in total. The molecule has 5 heteroatoms. The van der Waals surface area contributed by atoms with Crippen molar-refractivity contribution in [1.29, 1.82) is 0 Å². The summed E-state index contributed by atoms with van der Waals surface area (Å²) in [6, 6.07) is 11.9. The van der Waals surface area contributed by atoms with E-state index in [0.717, 1.165) is 0 Å². The summed E-state index contributed by atoms with van der Waals surface area (Å²) < 4.78 is 6.16. The second-order valence-electron chi connectivity index (χ2n) is 3.80. The van der Waals surface area contributed by atoms with Crippen LogP contribution < -0.4 is 4.74 Å². The molecule has 0 saturated heterocycles. The lowest BCUT2D eigenvalue weighted by Gasteiger charge is -2.08. The molecule has 2 aromatic rings. The summed E-state index contributed by atoms with van der Waals surface area (Å²) in [6.07, 6.45) is 0. The van der Waals surface area contributed by atoms with Crippen molar-refractivity contribution in [3.63, 3.8) is 0 Å². The standard InChI is InChI=1S/C14H9BrCl2O2/c15-12-7-11(17)4-5-14(12)19-8-13(18)9-2-1-3-10(16)6-9/h1-7H,8H2. The molecule has 2 aromatic carbocycles. The number of hydrogen-bond donors (Lipinski definition) is 0. The van der Waals surface area contributed by atoms with Crippen LogP contribution in [0.3, 0.4) is 0 Å². The number of rotatable bonds is 4. The summed E-state index contributed by atoms with van der Waals surface area (Å²) in [4.78, 5) is 11.9. The van der Waals surface area contributed by atoms with Gasteiger partial charge in [0.25, 0.3) is 0 Å². The van der Waals surface area contributed by atoms with E-state index in [1.165, 1.54) is 0 Å². The fraction of sp³-hybridized carbons (Fsp3) is 0.0714. The van der Waals surface area contributed by atoms with Crippen molar-refractivity contribution in [2.24, 2.45) is 0 Å². The fourth-order valence-electron chi connectivity index (χ4n) is 1.48. The second kappa shape index (κ2) is 6.42. The van der Waals surface area contributed by atoms with E-state index in [4.69, 9.17) is 27.9 Å². The van der Waals surface area contributed by atoms with E-state index in [9.17, 15) is 4.79 Å². The Bertz CT molecular complexity index is 614. The van der Waals surface area contributed by atoms with Crippen molar-refractivity contribution in [3.8, 4) is 5.75 Å². The van der Waals surface area contributed by atoms with Crippen molar-refractivity contribution in [2.45, 2.75) is 0 Å². The van der Waals surface area contributed by atoms with Crippen LogP contribution in [0.15, 0.2) is 46.9 Å².